The SMILES string of the molecule is CC(C)NC(C#N)(CN1CCCOCC1)c1ccccc1. The first-order valence-electron chi connectivity index (χ1n) is 7.71. The van der Waals surface area contributed by atoms with Crippen LogP contribution < -0.4 is 5.32 Å². The Labute approximate surface area is 127 Å². The van der Waals surface area contributed by atoms with E-state index in [1.54, 1.807) is 0 Å². The lowest BCUT2D eigenvalue weighted by Crippen LogP contribution is -2.53. The summed E-state index contributed by atoms with van der Waals surface area (Å²) in [5.41, 5.74) is 0.367. The molecule has 4 nitrogen and oxygen atoms in total. The fraction of sp³-hybridized carbons (Fsp3) is 0.588. The lowest BCUT2D eigenvalue weighted by atomic mass is 9.89. The monoisotopic (exact) mass is 287 g/mol. The number of hydrogen-bond donors (Lipinski definition) is 1. The number of nitrogens with one attached hydrogen (secondary N) is 1. The van der Waals surface area contributed by atoms with Gasteiger partial charge in [0.25, 0.3) is 0 Å². The Hall–Kier alpha value is -1.41. The van der Waals surface area contributed by atoms with Crippen molar-refractivity contribution < 1.29 is 4.74 Å². The lowest BCUT2D eigenvalue weighted by molar-refractivity contribution is 0.135. The zero-order valence-electron chi connectivity index (χ0n) is 13.0. The maximum Gasteiger partial charge on any atom is 0.145 e. The molecule has 0 aliphatic carbocycles. The summed E-state index contributed by atoms with van der Waals surface area (Å²) >= 11 is 0. The van der Waals surface area contributed by atoms with Crippen LogP contribution in [0.2, 0.25) is 0 Å². The largest absolute Gasteiger partial charge is 0.380 e. The normalized spacial score (nSPS) is 19.7. The number of ether oxygens (including phenoxy) is 1. The van der Waals surface area contributed by atoms with Crippen molar-refractivity contribution in [3.05, 3.63) is 35.9 Å². The van der Waals surface area contributed by atoms with E-state index in [9.17, 15) is 5.26 Å². The molecule has 21 heavy (non-hydrogen) atoms. The highest BCUT2D eigenvalue weighted by molar-refractivity contribution is 5.32. The fourth-order valence-electron chi connectivity index (χ4n) is 2.86. The van der Waals surface area contributed by atoms with Crippen molar-refractivity contribution in [1.82, 2.24) is 10.2 Å². The second-order valence-electron chi connectivity index (χ2n) is 5.92. The van der Waals surface area contributed by atoms with Crippen LogP contribution in [0.4, 0.5) is 0 Å². The van der Waals surface area contributed by atoms with Crippen molar-refractivity contribution in [2.75, 3.05) is 32.8 Å². The molecule has 1 aromatic carbocycles. The van der Waals surface area contributed by atoms with Gasteiger partial charge in [0.05, 0.1) is 12.7 Å². The number of hydrogen-bond acceptors (Lipinski definition) is 4. The summed E-state index contributed by atoms with van der Waals surface area (Å²) in [5, 5.41) is 13.4. The van der Waals surface area contributed by atoms with Gasteiger partial charge < -0.3 is 4.74 Å². The lowest BCUT2D eigenvalue weighted by Gasteiger charge is -2.35. The smallest absolute Gasteiger partial charge is 0.145 e. The minimum Gasteiger partial charge on any atom is -0.380 e. The highest BCUT2D eigenvalue weighted by Gasteiger charge is 2.35. The quantitative estimate of drug-likeness (QED) is 0.901. The molecule has 1 aromatic rings. The molecule has 1 aliphatic rings. The van der Waals surface area contributed by atoms with Gasteiger partial charge in [-0.3, -0.25) is 10.2 Å². The van der Waals surface area contributed by atoms with Crippen LogP contribution in [0, 0.1) is 11.3 Å². The third-order valence-corrected chi connectivity index (χ3v) is 3.77. The molecule has 4 heteroatoms. The maximum atomic E-state index is 9.91. The topological polar surface area (TPSA) is 48.3 Å². The van der Waals surface area contributed by atoms with E-state index >= 15 is 0 Å². The maximum absolute atomic E-state index is 9.91. The van der Waals surface area contributed by atoms with E-state index < -0.39 is 5.54 Å². The molecule has 1 aliphatic heterocycles. The molecule has 1 N–H and O–H groups in total. The molecular weight excluding hydrogens is 262 g/mol. The first-order chi connectivity index (χ1) is 10.2. The van der Waals surface area contributed by atoms with Crippen molar-refractivity contribution >= 4 is 0 Å². The number of nitriles is 1. The van der Waals surface area contributed by atoms with E-state index in [1.807, 2.05) is 30.3 Å². The highest BCUT2D eigenvalue weighted by atomic mass is 16.5. The van der Waals surface area contributed by atoms with Crippen LogP contribution in [0.1, 0.15) is 25.8 Å². The molecule has 1 heterocycles. The number of rotatable bonds is 5. The zero-order chi connectivity index (χ0) is 15.1. The summed E-state index contributed by atoms with van der Waals surface area (Å²) in [6, 6.07) is 12.8. The van der Waals surface area contributed by atoms with Crippen LogP contribution in [-0.4, -0.2) is 43.8 Å². The minimum atomic E-state index is -0.667. The van der Waals surface area contributed by atoms with Gasteiger partial charge in [0, 0.05) is 32.3 Å². The average molecular weight is 287 g/mol. The highest BCUT2D eigenvalue weighted by Crippen LogP contribution is 2.23. The Balaban J connectivity index is 2.24. The Kier molecular flexibility index (Phi) is 5.75. The van der Waals surface area contributed by atoms with Crippen LogP contribution in [0.25, 0.3) is 0 Å². The van der Waals surface area contributed by atoms with E-state index in [-0.39, 0.29) is 6.04 Å². The fourth-order valence-corrected chi connectivity index (χ4v) is 2.86. The van der Waals surface area contributed by atoms with Crippen molar-refractivity contribution in [2.24, 2.45) is 0 Å². The van der Waals surface area contributed by atoms with E-state index in [0.717, 1.165) is 38.3 Å². The second-order valence-corrected chi connectivity index (χ2v) is 5.92. The molecule has 1 atom stereocenters. The van der Waals surface area contributed by atoms with Crippen LogP contribution in [0.3, 0.4) is 0 Å². The van der Waals surface area contributed by atoms with Gasteiger partial charge in [-0.1, -0.05) is 30.3 Å². The molecule has 2 rings (SSSR count). The Morgan fingerprint density at radius 2 is 2.05 bits per heavy atom. The summed E-state index contributed by atoms with van der Waals surface area (Å²) < 4.78 is 5.51. The van der Waals surface area contributed by atoms with Gasteiger partial charge in [-0.15, -0.1) is 0 Å². The van der Waals surface area contributed by atoms with Gasteiger partial charge in [-0.25, -0.2) is 0 Å². The third kappa shape index (κ3) is 4.28. The molecule has 1 saturated heterocycles. The molecule has 0 radical (unpaired) electrons. The van der Waals surface area contributed by atoms with Gasteiger partial charge >= 0.3 is 0 Å². The van der Waals surface area contributed by atoms with Gasteiger partial charge in [0.2, 0.25) is 0 Å². The molecule has 0 aromatic heterocycles. The molecule has 1 unspecified atom stereocenters. The van der Waals surface area contributed by atoms with Crippen molar-refractivity contribution in [1.29, 1.82) is 5.26 Å². The molecule has 0 amide bonds. The molecular formula is C17H25N3O. The van der Waals surface area contributed by atoms with Crippen LogP contribution >= 0.6 is 0 Å². The Morgan fingerprint density at radius 1 is 1.29 bits per heavy atom. The first-order valence-corrected chi connectivity index (χ1v) is 7.71. The molecule has 0 saturated carbocycles. The summed E-state index contributed by atoms with van der Waals surface area (Å²) in [5.74, 6) is 0. The number of nitrogens with zero attached hydrogens (tertiary/aromatic N) is 2. The number of benzene rings is 1. The predicted molar refractivity (Wildman–Crippen MR) is 83.9 cm³/mol. The third-order valence-electron chi connectivity index (χ3n) is 3.77. The van der Waals surface area contributed by atoms with Crippen molar-refractivity contribution in [3.8, 4) is 6.07 Å². The average Bonchev–Trinajstić information content (AvgIpc) is 2.75. The van der Waals surface area contributed by atoms with E-state index in [1.165, 1.54) is 0 Å². The van der Waals surface area contributed by atoms with Crippen LogP contribution in [0.5, 0.6) is 0 Å². The minimum absolute atomic E-state index is 0.244. The van der Waals surface area contributed by atoms with Gasteiger partial charge in [-0.05, 0) is 25.8 Å². The standard InChI is InChI=1S/C17H25N3O/c1-15(2)19-17(13-18,16-7-4-3-5-8-16)14-20-9-6-11-21-12-10-20/h3-5,7-8,15,19H,6,9-12,14H2,1-2H3. The van der Waals surface area contributed by atoms with Crippen LogP contribution in [0.15, 0.2) is 30.3 Å². The molecule has 0 bridgehead atoms. The summed E-state index contributed by atoms with van der Waals surface area (Å²) in [6.07, 6.45) is 1.03. The summed E-state index contributed by atoms with van der Waals surface area (Å²) in [4.78, 5) is 2.33. The van der Waals surface area contributed by atoms with Crippen molar-refractivity contribution in [3.63, 3.8) is 0 Å². The van der Waals surface area contributed by atoms with Gasteiger partial charge in [0.1, 0.15) is 5.54 Å². The van der Waals surface area contributed by atoms with Crippen LogP contribution in [-0.2, 0) is 10.3 Å². The second kappa shape index (κ2) is 7.56. The Morgan fingerprint density at radius 3 is 2.71 bits per heavy atom. The van der Waals surface area contributed by atoms with E-state index in [2.05, 4.69) is 30.1 Å². The van der Waals surface area contributed by atoms with E-state index in [4.69, 9.17) is 4.74 Å². The molecule has 1 fully saturated rings. The van der Waals surface area contributed by atoms with E-state index in [0.29, 0.717) is 6.54 Å². The molecule has 0 spiro atoms. The van der Waals surface area contributed by atoms with Gasteiger partial charge in [0.15, 0.2) is 0 Å². The predicted octanol–water partition coefficient (Wildman–Crippen LogP) is 2.13. The Bertz CT molecular complexity index is 461. The molecule has 114 valence electrons. The zero-order valence-corrected chi connectivity index (χ0v) is 13.0. The van der Waals surface area contributed by atoms with Gasteiger partial charge in [-0.2, -0.15) is 5.26 Å². The van der Waals surface area contributed by atoms with Crippen molar-refractivity contribution in [2.45, 2.75) is 31.8 Å². The first kappa shape index (κ1) is 16.0. The summed E-state index contributed by atoms with van der Waals surface area (Å²) in [7, 11) is 0. The summed E-state index contributed by atoms with van der Waals surface area (Å²) in [6.45, 7) is 8.29.